The van der Waals surface area contributed by atoms with Crippen molar-refractivity contribution in [2.24, 2.45) is 7.05 Å². The van der Waals surface area contributed by atoms with Crippen molar-refractivity contribution >= 4 is 23.0 Å². The first-order valence-corrected chi connectivity index (χ1v) is 9.17. The first-order valence-electron chi connectivity index (χ1n) is 9.17. The number of nitrogens with zero attached hydrogens (tertiary/aromatic N) is 4. The Morgan fingerprint density at radius 1 is 1.22 bits per heavy atom. The van der Waals surface area contributed by atoms with Crippen LogP contribution in [0.4, 0.5) is 5.95 Å². The second-order valence-electron chi connectivity index (χ2n) is 7.43. The molecule has 0 bridgehead atoms. The van der Waals surface area contributed by atoms with E-state index in [4.69, 9.17) is 19.2 Å². The van der Waals surface area contributed by atoms with E-state index in [0.29, 0.717) is 18.8 Å². The second kappa shape index (κ2) is 7.10. The first kappa shape index (κ1) is 18.2. The molecule has 1 aromatic heterocycles. The van der Waals surface area contributed by atoms with E-state index in [2.05, 4.69) is 9.80 Å². The van der Waals surface area contributed by atoms with E-state index >= 15 is 0 Å². The fourth-order valence-corrected chi connectivity index (χ4v) is 3.76. The number of likely N-dealkylation sites (N-methyl/N-ethyl adjacent to an activating group) is 1. The highest BCUT2D eigenvalue weighted by atomic mass is 16.6. The molecular weight excluding hydrogens is 348 g/mol. The molecule has 0 unspecified atom stereocenters. The van der Waals surface area contributed by atoms with Crippen molar-refractivity contribution in [3.63, 3.8) is 0 Å². The molecule has 2 fully saturated rings. The number of hydrogen-bond acceptors (Lipinski definition) is 7. The highest BCUT2D eigenvalue weighted by Gasteiger charge is 2.39. The topological polar surface area (TPSA) is 69.1 Å². The molecule has 2 aromatic rings. The molecule has 3 heterocycles. The zero-order valence-corrected chi connectivity index (χ0v) is 16.2. The molecular formula is C19H26N4O4. The maximum Gasteiger partial charge on any atom is 0.337 e. The number of fused-ring (bicyclic) bond motifs is 2. The van der Waals surface area contributed by atoms with E-state index in [1.54, 1.807) is 12.1 Å². The van der Waals surface area contributed by atoms with Crippen LogP contribution in [0, 0.1) is 0 Å². The van der Waals surface area contributed by atoms with Gasteiger partial charge in [0.15, 0.2) is 0 Å². The minimum Gasteiger partial charge on any atom is -0.465 e. The van der Waals surface area contributed by atoms with Crippen LogP contribution in [0.15, 0.2) is 18.2 Å². The van der Waals surface area contributed by atoms with Gasteiger partial charge in [0.25, 0.3) is 0 Å². The number of aromatic nitrogens is 2. The fraction of sp³-hybridized carbons (Fsp3) is 0.579. The number of imidazole rings is 1. The minimum absolute atomic E-state index is 0.0420. The molecule has 2 aliphatic heterocycles. The van der Waals surface area contributed by atoms with Crippen LogP contribution in [-0.2, 0) is 21.3 Å². The van der Waals surface area contributed by atoms with Gasteiger partial charge < -0.3 is 28.6 Å². The predicted molar refractivity (Wildman–Crippen MR) is 101 cm³/mol. The molecule has 0 amide bonds. The molecule has 8 nitrogen and oxygen atoms in total. The zero-order chi connectivity index (χ0) is 19.1. The summed E-state index contributed by atoms with van der Waals surface area (Å²) in [5, 5.41) is 0. The molecule has 1 aromatic carbocycles. The Morgan fingerprint density at radius 3 is 2.48 bits per heavy atom. The Morgan fingerprint density at radius 2 is 1.89 bits per heavy atom. The van der Waals surface area contributed by atoms with Crippen LogP contribution in [0.3, 0.4) is 0 Å². The van der Waals surface area contributed by atoms with Crippen molar-refractivity contribution < 1.29 is 19.0 Å². The lowest BCUT2D eigenvalue weighted by Gasteiger charge is -2.23. The fourth-order valence-electron chi connectivity index (χ4n) is 3.76. The Kier molecular flexibility index (Phi) is 4.79. The number of rotatable bonds is 3. The summed E-state index contributed by atoms with van der Waals surface area (Å²) >= 11 is 0. The van der Waals surface area contributed by atoms with Gasteiger partial charge in [-0.05, 0) is 32.3 Å². The number of methoxy groups -OCH3 is 1. The van der Waals surface area contributed by atoms with Crippen LogP contribution < -0.4 is 4.90 Å². The summed E-state index contributed by atoms with van der Waals surface area (Å²) in [6, 6.07) is 5.73. The highest BCUT2D eigenvalue weighted by Crippen LogP contribution is 2.28. The van der Waals surface area contributed by atoms with E-state index in [1.807, 2.05) is 31.8 Å². The minimum atomic E-state index is -0.357. The molecule has 2 atom stereocenters. The highest BCUT2D eigenvalue weighted by molar-refractivity contribution is 5.94. The molecule has 4 rings (SSSR count). The number of carbonyl (C=O) groups is 1. The molecule has 0 N–H and O–H groups in total. The number of benzene rings is 1. The van der Waals surface area contributed by atoms with Crippen LogP contribution in [0.2, 0.25) is 0 Å². The van der Waals surface area contributed by atoms with Crippen LogP contribution in [0.25, 0.3) is 11.0 Å². The number of anilines is 1. The van der Waals surface area contributed by atoms with Crippen molar-refractivity contribution in [2.75, 3.05) is 52.4 Å². The molecule has 2 aliphatic rings. The lowest BCUT2D eigenvalue weighted by Crippen LogP contribution is -2.36. The molecule has 0 spiro atoms. The summed E-state index contributed by atoms with van der Waals surface area (Å²) in [5.41, 5.74) is 2.25. The van der Waals surface area contributed by atoms with Crippen LogP contribution in [-0.4, -0.2) is 86.2 Å². The summed E-state index contributed by atoms with van der Waals surface area (Å²) in [7, 11) is 7.46. The smallest absolute Gasteiger partial charge is 0.337 e. The van der Waals surface area contributed by atoms with E-state index in [9.17, 15) is 4.79 Å². The maximum atomic E-state index is 11.8. The van der Waals surface area contributed by atoms with Gasteiger partial charge in [-0.2, -0.15) is 0 Å². The first-order chi connectivity index (χ1) is 13.0. The van der Waals surface area contributed by atoms with E-state index in [1.165, 1.54) is 7.11 Å². The quantitative estimate of drug-likeness (QED) is 0.739. The average Bonchev–Trinajstić information content (AvgIpc) is 3.14. The molecule has 0 radical (unpaired) electrons. The molecule has 27 heavy (non-hydrogen) atoms. The number of ether oxygens (including phenoxy) is 3. The third-order valence-electron chi connectivity index (χ3n) is 5.51. The van der Waals surface area contributed by atoms with Gasteiger partial charge >= 0.3 is 5.97 Å². The molecule has 0 saturated carbocycles. The Labute approximate surface area is 158 Å². The largest absolute Gasteiger partial charge is 0.465 e. The van der Waals surface area contributed by atoms with Gasteiger partial charge in [-0.3, -0.25) is 0 Å². The van der Waals surface area contributed by atoms with Crippen molar-refractivity contribution in [3.8, 4) is 0 Å². The third-order valence-corrected chi connectivity index (χ3v) is 5.51. The van der Waals surface area contributed by atoms with Crippen LogP contribution in [0.1, 0.15) is 10.4 Å². The van der Waals surface area contributed by atoms with Crippen molar-refractivity contribution in [3.05, 3.63) is 23.8 Å². The lowest BCUT2D eigenvalue weighted by atomic mass is 10.2. The van der Waals surface area contributed by atoms with Crippen molar-refractivity contribution in [1.29, 1.82) is 0 Å². The van der Waals surface area contributed by atoms with Gasteiger partial charge in [0.1, 0.15) is 12.2 Å². The third kappa shape index (κ3) is 3.28. The second-order valence-corrected chi connectivity index (χ2v) is 7.43. The van der Waals surface area contributed by atoms with Gasteiger partial charge in [0.05, 0.1) is 43.0 Å². The number of carbonyl (C=O) groups excluding carboxylic acids is 1. The Hall–Kier alpha value is -2.16. The van der Waals surface area contributed by atoms with Gasteiger partial charge in [-0.1, -0.05) is 0 Å². The standard InChI is InChI=1S/C19H26N4O4/c1-21(2)13-10-26-16-8-23(9-17(16)27-11-13)19-20-14-7-12(18(24)25-4)5-6-15(14)22(19)3/h5-7,13,16-17H,8-11H2,1-4H3/t16-,17-/m0/s1. The zero-order valence-electron chi connectivity index (χ0n) is 16.2. The predicted octanol–water partition coefficient (Wildman–Crippen LogP) is 0.894. The van der Waals surface area contributed by atoms with Crippen molar-refractivity contribution in [2.45, 2.75) is 18.2 Å². The van der Waals surface area contributed by atoms with Gasteiger partial charge in [-0.15, -0.1) is 0 Å². The summed E-state index contributed by atoms with van der Waals surface area (Å²) in [5.74, 6) is 0.501. The van der Waals surface area contributed by atoms with Gasteiger partial charge in [-0.25, -0.2) is 9.78 Å². The maximum absolute atomic E-state index is 11.8. The summed E-state index contributed by atoms with van der Waals surface area (Å²) in [4.78, 5) is 20.9. The summed E-state index contributed by atoms with van der Waals surface area (Å²) in [6.07, 6.45) is 0.0841. The number of aryl methyl sites for hydroxylation is 1. The van der Waals surface area contributed by atoms with E-state index in [0.717, 1.165) is 30.1 Å². The lowest BCUT2D eigenvalue weighted by molar-refractivity contribution is -0.00461. The molecule has 146 valence electrons. The Balaban J connectivity index is 1.55. The normalized spacial score (nSPS) is 23.7. The van der Waals surface area contributed by atoms with Crippen molar-refractivity contribution in [1.82, 2.24) is 14.5 Å². The van der Waals surface area contributed by atoms with Crippen LogP contribution >= 0.6 is 0 Å². The van der Waals surface area contributed by atoms with Gasteiger partial charge in [0, 0.05) is 20.1 Å². The number of hydrogen-bond donors (Lipinski definition) is 0. The van der Waals surface area contributed by atoms with E-state index in [-0.39, 0.29) is 24.2 Å². The van der Waals surface area contributed by atoms with Crippen LogP contribution in [0.5, 0.6) is 0 Å². The molecule has 2 saturated heterocycles. The number of esters is 1. The summed E-state index contributed by atoms with van der Waals surface area (Å²) < 4.78 is 19.1. The van der Waals surface area contributed by atoms with Gasteiger partial charge in [0.2, 0.25) is 5.95 Å². The Bertz CT molecular complexity index is 834. The molecule has 0 aliphatic carbocycles. The molecule has 8 heteroatoms. The monoisotopic (exact) mass is 374 g/mol. The SMILES string of the molecule is COC(=O)c1ccc2c(c1)nc(N1C[C@@H]3OCC(N(C)C)CO[C@H]3C1)n2C. The van der Waals surface area contributed by atoms with E-state index < -0.39 is 0 Å². The average molecular weight is 374 g/mol. The summed E-state index contributed by atoms with van der Waals surface area (Å²) in [6.45, 7) is 2.83.